The van der Waals surface area contributed by atoms with Crippen LogP contribution < -0.4 is 0 Å². The number of hydrogen-bond donors (Lipinski definition) is 0. The smallest absolute Gasteiger partial charge is 0.170 e. The number of aryl methyl sites for hydroxylation is 1. The Morgan fingerprint density at radius 1 is 0.935 bits per heavy atom. The number of allylic oxidation sites excluding steroid dienone is 5. The Morgan fingerprint density at radius 2 is 1.65 bits per heavy atom. The number of fused-ring (bicyclic) bond motifs is 1. The summed E-state index contributed by atoms with van der Waals surface area (Å²) < 4.78 is 74.0. The van der Waals surface area contributed by atoms with Gasteiger partial charge >= 0.3 is 0 Å². The standard InChI is InChI=1S/C26H27F5/c1-3-5-6-8-17-13-14-19-15-20(25(30)26(31)21(19)22(17)27)24(29)23(28)18-11-9-16(7-4-2)10-12-18/h3-5,7,13-16,18H,6,8-12H2,1-2H3/b5-3+,7-4+,24-23?. The Labute approximate surface area is 180 Å². The number of halogens is 5. The average Bonchev–Trinajstić information content (AvgIpc) is 2.77. The van der Waals surface area contributed by atoms with Gasteiger partial charge in [0.25, 0.3) is 0 Å². The first-order chi connectivity index (χ1) is 14.9. The van der Waals surface area contributed by atoms with Gasteiger partial charge in [-0.05, 0) is 75.3 Å². The van der Waals surface area contributed by atoms with Crippen LogP contribution in [0.3, 0.4) is 0 Å². The molecule has 166 valence electrons. The molecule has 2 aromatic rings. The van der Waals surface area contributed by atoms with Gasteiger partial charge in [-0.1, -0.05) is 36.4 Å². The van der Waals surface area contributed by atoms with Gasteiger partial charge in [-0.15, -0.1) is 0 Å². The zero-order chi connectivity index (χ0) is 22.5. The number of hydrogen-bond acceptors (Lipinski definition) is 0. The van der Waals surface area contributed by atoms with Gasteiger partial charge in [0.15, 0.2) is 17.5 Å². The van der Waals surface area contributed by atoms with E-state index < -0.39 is 46.0 Å². The van der Waals surface area contributed by atoms with Crippen molar-refractivity contribution in [2.24, 2.45) is 11.8 Å². The van der Waals surface area contributed by atoms with Crippen molar-refractivity contribution in [1.29, 1.82) is 0 Å². The zero-order valence-electron chi connectivity index (χ0n) is 17.8. The maximum absolute atomic E-state index is 14.9. The van der Waals surface area contributed by atoms with Crippen LogP contribution in [-0.2, 0) is 6.42 Å². The molecule has 0 heterocycles. The van der Waals surface area contributed by atoms with Gasteiger partial charge in [-0.3, -0.25) is 0 Å². The van der Waals surface area contributed by atoms with E-state index in [9.17, 15) is 22.0 Å². The summed E-state index contributed by atoms with van der Waals surface area (Å²) in [6.07, 6.45) is 10.8. The molecule has 1 fully saturated rings. The Hall–Kier alpha value is -2.43. The molecule has 0 saturated heterocycles. The second-order valence-electron chi connectivity index (χ2n) is 8.10. The summed E-state index contributed by atoms with van der Waals surface area (Å²) in [5.74, 6) is -6.70. The Bertz CT molecular complexity index is 1020. The highest BCUT2D eigenvalue weighted by Crippen LogP contribution is 2.40. The molecule has 0 nitrogen and oxygen atoms in total. The van der Waals surface area contributed by atoms with Gasteiger partial charge in [0.05, 0.1) is 10.9 Å². The van der Waals surface area contributed by atoms with Crippen LogP contribution in [0.2, 0.25) is 0 Å². The van der Waals surface area contributed by atoms with Crippen molar-refractivity contribution in [2.45, 2.75) is 52.4 Å². The minimum Gasteiger partial charge on any atom is -0.208 e. The fourth-order valence-electron chi connectivity index (χ4n) is 4.33. The molecule has 0 amide bonds. The summed E-state index contributed by atoms with van der Waals surface area (Å²) in [7, 11) is 0. The first kappa shape index (κ1) is 23.2. The minimum atomic E-state index is -1.56. The van der Waals surface area contributed by atoms with Crippen LogP contribution in [0.25, 0.3) is 16.6 Å². The van der Waals surface area contributed by atoms with Gasteiger partial charge < -0.3 is 0 Å². The third kappa shape index (κ3) is 4.91. The SMILES string of the molecule is C/C=C/CCc1ccc2cc(C(F)=C(F)C3CCC(/C=C/C)CC3)c(F)c(F)c2c1F. The van der Waals surface area contributed by atoms with E-state index in [1.165, 1.54) is 12.1 Å². The Kier molecular flexibility index (Phi) is 7.69. The van der Waals surface area contributed by atoms with E-state index in [1.807, 2.05) is 38.2 Å². The summed E-state index contributed by atoms with van der Waals surface area (Å²) >= 11 is 0. The van der Waals surface area contributed by atoms with E-state index in [2.05, 4.69) is 0 Å². The fourth-order valence-corrected chi connectivity index (χ4v) is 4.33. The summed E-state index contributed by atoms with van der Waals surface area (Å²) in [4.78, 5) is 0. The van der Waals surface area contributed by atoms with Crippen LogP contribution in [0.1, 0.15) is 57.1 Å². The van der Waals surface area contributed by atoms with Crippen LogP contribution in [0.4, 0.5) is 22.0 Å². The van der Waals surface area contributed by atoms with Gasteiger partial charge in [0.1, 0.15) is 11.6 Å². The van der Waals surface area contributed by atoms with Crippen molar-refractivity contribution < 1.29 is 22.0 Å². The maximum Gasteiger partial charge on any atom is 0.170 e. The Morgan fingerprint density at radius 3 is 2.29 bits per heavy atom. The third-order valence-corrected chi connectivity index (χ3v) is 6.06. The monoisotopic (exact) mass is 434 g/mol. The summed E-state index contributed by atoms with van der Waals surface area (Å²) in [5.41, 5.74) is -0.545. The van der Waals surface area contributed by atoms with Crippen molar-refractivity contribution in [3.8, 4) is 0 Å². The van der Waals surface area contributed by atoms with E-state index >= 15 is 0 Å². The van der Waals surface area contributed by atoms with Crippen LogP contribution in [0.5, 0.6) is 0 Å². The highest BCUT2D eigenvalue weighted by atomic mass is 19.2. The molecule has 0 aliphatic heterocycles. The molecular weight excluding hydrogens is 407 g/mol. The number of rotatable bonds is 6. The molecule has 1 saturated carbocycles. The molecule has 0 bridgehead atoms. The van der Waals surface area contributed by atoms with Crippen LogP contribution in [0.15, 0.2) is 48.3 Å². The summed E-state index contributed by atoms with van der Waals surface area (Å²) in [6, 6.07) is 3.89. The lowest BCUT2D eigenvalue weighted by molar-refractivity contribution is 0.304. The second kappa shape index (κ2) is 10.3. The van der Waals surface area contributed by atoms with Crippen LogP contribution in [-0.4, -0.2) is 0 Å². The first-order valence-corrected chi connectivity index (χ1v) is 10.8. The Balaban J connectivity index is 1.96. The minimum absolute atomic E-state index is 0.000856. The summed E-state index contributed by atoms with van der Waals surface area (Å²) in [6.45, 7) is 3.75. The topological polar surface area (TPSA) is 0 Å². The van der Waals surface area contributed by atoms with Gasteiger partial charge in [-0.25, -0.2) is 22.0 Å². The normalized spacial score (nSPS) is 20.7. The lowest BCUT2D eigenvalue weighted by Gasteiger charge is -2.26. The van der Waals surface area contributed by atoms with Crippen molar-refractivity contribution >= 4 is 16.6 Å². The van der Waals surface area contributed by atoms with Crippen molar-refractivity contribution in [1.82, 2.24) is 0 Å². The fraction of sp³-hybridized carbons (Fsp3) is 0.385. The second-order valence-corrected chi connectivity index (χ2v) is 8.10. The van der Waals surface area contributed by atoms with Gasteiger partial charge in [0.2, 0.25) is 0 Å². The van der Waals surface area contributed by atoms with E-state index in [0.717, 1.165) is 6.07 Å². The van der Waals surface area contributed by atoms with Crippen LogP contribution >= 0.6 is 0 Å². The highest BCUT2D eigenvalue weighted by molar-refractivity contribution is 5.88. The maximum atomic E-state index is 14.9. The van der Waals surface area contributed by atoms with E-state index in [-0.39, 0.29) is 10.9 Å². The summed E-state index contributed by atoms with van der Waals surface area (Å²) in [5, 5.41) is -0.528. The molecule has 0 N–H and O–H groups in total. The molecule has 0 aromatic heterocycles. The van der Waals surface area contributed by atoms with E-state index in [4.69, 9.17) is 0 Å². The molecule has 1 aliphatic rings. The molecule has 1 aliphatic carbocycles. The predicted molar refractivity (Wildman–Crippen MR) is 116 cm³/mol. The highest BCUT2D eigenvalue weighted by Gasteiger charge is 2.28. The van der Waals surface area contributed by atoms with Crippen molar-refractivity contribution in [3.63, 3.8) is 0 Å². The molecule has 0 atom stereocenters. The van der Waals surface area contributed by atoms with Gasteiger partial charge in [-0.2, -0.15) is 0 Å². The van der Waals surface area contributed by atoms with Crippen molar-refractivity contribution in [3.05, 3.63) is 76.9 Å². The quantitative estimate of drug-likeness (QED) is 0.315. The van der Waals surface area contributed by atoms with Gasteiger partial charge in [0, 0.05) is 5.92 Å². The average molecular weight is 434 g/mol. The molecule has 3 rings (SSSR count). The van der Waals surface area contributed by atoms with Crippen molar-refractivity contribution in [2.75, 3.05) is 0 Å². The third-order valence-electron chi connectivity index (χ3n) is 6.06. The molecule has 5 heteroatoms. The van der Waals surface area contributed by atoms with E-state index in [0.29, 0.717) is 44.4 Å². The first-order valence-electron chi connectivity index (χ1n) is 10.8. The lowest BCUT2D eigenvalue weighted by Crippen LogP contribution is -2.14. The lowest BCUT2D eigenvalue weighted by atomic mass is 9.81. The molecule has 0 radical (unpaired) electrons. The molecule has 0 spiro atoms. The predicted octanol–water partition coefficient (Wildman–Crippen LogP) is 8.76. The molecular formula is C26H27F5. The largest absolute Gasteiger partial charge is 0.208 e. The van der Waals surface area contributed by atoms with Crippen LogP contribution in [0, 0.1) is 29.3 Å². The molecule has 2 aromatic carbocycles. The van der Waals surface area contributed by atoms with E-state index in [1.54, 1.807) is 0 Å². The zero-order valence-corrected chi connectivity index (χ0v) is 17.8. The molecule has 31 heavy (non-hydrogen) atoms. The number of benzene rings is 2. The molecule has 0 unspecified atom stereocenters.